The predicted octanol–water partition coefficient (Wildman–Crippen LogP) is 3.05. The molecule has 0 spiro atoms. The number of rotatable bonds is 2. The average Bonchev–Trinajstić information content (AvgIpc) is 1.99. The van der Waals surface area contributed by atoms with Crippen LogP contribution in [0, 0.1) is 6.92 Å². The van der Waals surface area contributed by atoms with Crippen LogP contribution in [-0.2, 0) is 0 Å². The lowest BCUT2D eigenvalue weighted by molar-refractivity contribution is 0.130. The van der Waals surface area contributed by atoms with Gasteiger partial charge in [0, 0.05) is 6.07 Å². The topological polar surface area (TPSA) is 18.5 Å². The van der Waals surface area contributed by atoms with E-state index in [1.165, 1.54) is 0 Å². The van der Waals surface area contributed by atoms with Gasteiger partial charge in [-0.1, -0.05) is 0 Å². The average molecular weight is 193 g/mol. The molecule has 0 aromatic heterocycles. The SMILES string of the molecule is [CH2]c1cc(OC)cc(OC(C)(C)C)c1. The number of hydrogen-bond donors (Lipinski definition) is 0. The van der Waals surface area contributed by atoms with E-state index >= 15 is 0 Å². The molecule has 0 saturated heterocycles. The standard InChI is InChI=1S/C12H17O2/c1-9-6-10(13-5)8-11(7-9)14-12(2,3)4/h6-8H,1H2,2-5H3. The zero-order chi connectivity index (χ0) is 10.8. The van der Waals surface area contributed by atoms with Crippen molar-refractivity contribution in [1.29, 1.82) is 0 Å². The summed E-state index contributed by atoms with van der Waals surface area (Å²) in [5.74, 6) is 1.57. The summed E-state index contributed by atoms with van der Waals surface area (Å²) in [5.41, 5.74) is 0.697. The maximum absolute atomic E-state index is 5.70. The third kappa shape index (κ3) is 3.29. The Balaban J connectivity index is 2.92. The van der Waals surface area contributed by atoms with Gasteiger partial charge in [0.2, 0.25) is 0 Å². The highest BCUT2D eigenvalue weighted by Gasteiger charge is 2.12. The molecule has 77 valence electrons. The molecule has 2 nitrogen and oxygen atoms in total. The Morgan fingerprint density at radius 2 is 1.64 bits per heavy atom. The molecule has 0 unspecified atom stereocenters. The lowest BCUT2D eigenvalue weighted by atomic mass is 10.1. The van der Waals surface area contributed by atoms with Crippen LogP contribution < -0.4 is 9.47 Å². The maximum Gasteiger partial charge on any atom is 0.124 e. The number of methoxy groups -OCH3 is 1. The summed E-state index contributed by atoms with van der Waals surface area (Å²) in [4.78, 5) is 0. The molecule has 1 rings (SSSR count). The lowest BCUT2D eigenvalue weighted by Crippen LogP contribution is -2.22. The van der Waals surface area contributed by atoms with E-state index < -0.39 is 0 Å². The fourth-order valence-corrected chi connectivity index (χ4v) is 1.16. The first kappa shape index (κ1) is 10.9. The van der Waals surface area contributed by atoms with Crippen LogP contribution in [0.3, 0.4) is 0 Å². The van der Waals surface area contributed by atoms with Gasteiger partial charge in [0.1, 0.15) is 17.1 Å². The van der Waals surface area contributed by atoms with Crippen molar-refractivity contribution in [2.24, 2.45) is 0 Å². The van der Waals surface area contributed by atoms with Crippen LogP contribution in [0.2, 0.25) is 0 Å². The molecule has 0 N–H and O–H groups in total. The molecule has 1 aromatic rings. The summed E-state index contributed by atoms with van der Waals surface area (Å²) >= 11 is 0. The number of benzene rings is 1. The van der Waals surface area contributed by atoms with Crippen molar-refractivity contribution in [3.63, 3.8) is 0 Å². The molecule has 0 amide bonds. The van der Waals surface area contributed by atoms with E-state index in [1.807, 2.05) is 39.0 Å². The highest BCUT2D eigenvalue weighted by molar-refractivity contribution is 5.39. The molecule has 0 saturated carbocycles. The summed E-state index contributed by atoms with van der Waals surface area (Å²) in [6, 6.07) is 5.63. The molecular weight excluding hydrogens is 176 g/mol. The Labute approximate surface area is 85.8 Å². The lowest BCUT2D eigenvalue weighted by Gasteiger charge is -2.21. The minimum atomic E-state index is -0.196. The van der Waals surface area contributed by atoms with Crippen LogP contribution >= 0.6 is 0 Å². The first-order valence-electron chi connectivity index (χ1n) is 4.61. The molecule has 0 aliphatic heterocycles. The summed E-state index contributed by atoms with van der Waals surface area (Å²) in [7, 11) is 1.63. The van der Waals surface area contributed by atoms with Crippen LogP contribution in [0.5, 0.6) is 11.5 Å². The fourth-order valence-electron chi connectivity index (χ4n) is 1.16. The highest BCUT2D eigenvalue weighted by Crippen LogP contribution is 2.25. The van der Waals surface area contributed by atoms with E-state index in [4.69, 9.17) is 9.47 Å². The van der Waals surface area contributed by atoms with Gasteiger partial charge >= 0.3 is 0 Å². The molecule has 0 aliphatic rings. The van der Waals surface area contributed by atoms with Crippen LogP contribution in [0.25, 0.3) is 0 Å². The zero-order valence-electron chi connectivity index (χ0n) is 9.26. The van der Waals surface area contributed by atoms with E-state index in [9.17, 15) is 0 Å². The molecule has 0 aliphatic carbocycles. The Hall–Kier alpha value is -1.18. The Kier molecular flexibility index (Phi) is 3.04. The largest absolute Gasteiger partial charge is 0.497 e. The third-order valence-electron chi connectivity index (χ3n) is 1.60. The van der Waals surface area contributed by atoms with E-state index in [-0.39, 0.29) is 5.60 Å². The van der Waals surface area contributed by atoms with Gasteiger partial charge in [-0.2, -0.15) is 0 Å². The third-order valence-corrected chi connectivity index (χ3v) is 1.60. The van der Waals surface area contributed by atoms with Gasteiger partial charge in [0.15, 0.2) is 0 Å². The minimum Gasteiger partial charge on any atom is -0.497 e. The quantitative estimate of drug-likeness (QED) is 0.718. The summed E-state index contributed by atoms with van der Waals surface area (Å²) < 4.78 is 10.8. The van der Waals surface area contributed by atoms with Crippen molar-refractivity contribution in [1.82, 2.24) is 0 Å². The molecule has 14 heavy (non-hydrogen) atoms. The van der Waals surface area contributed by atoms with Gasteiger partial charge in [0.25, 0.3) is 0 Å². The summed E-state index contributed by atoms with van der Waals surface area (Å²) in [5, 5.41) is 0. The van der Waals surface area contributed by atoms with Gasteiger partial charge in [-0.15, -0.1) is 0 Å². The van der Waals surface area contributed by atoms with Gasteiger partial charge in [0.05, 0.1) is 7.11 Å². The van der Waals surface area contributed by atoms with Crippen molar-refractivity contribution in [2.75, 3.05) is 7.11 Å². The second-order valence-electron chi connectivity index (χ2n) is 4.23. The fraction of sp³-hybridized carbons (Fsp3) is 0.417. The number of ether oxygens (including phenoxy) is 2. The maximum atomic E-state index is 5.70. The van der Waals surface area contributed by atoms with Crippen LogP contribution in [0.1, 0.15) is 26.3 Å². The van der Waals surface area contributed by atoms with E-state index in [0.717, 1.165) is 17.1 Å². The van der Waals surface area contributed by atoms with Crippen molar-refractivity contribution in [2.45, 2.75) is 26.4 Å². The smallest absolute Gasteiger partial charge is 0.124 e. The Bertz CT molecular complexity index is 311. The molecule has 0 bridgehead atoms. The first-order chi connectivity index (χ1) is 6.40. The normalized spacial score (nSPS) is 11.2. The second-order valence-corrected chi connectivity index (χ2v) is 4.23. The molecular formula is C12H17O2. The van der Waals surface area contributed by atoms with Gasteiger partial charge in [-0.3, -0.25) is 0 Å². The van der Waals surface area contributed by atoms with Crippen LogP contribution in [-0.4, -0.2) is 12.7 Å². The van der Waals surface area contributed by atoms with Crippen molar-refractivity contribution < 1.29 is 9.47 Å². The van der Waals surface area contributed by atoms with E-state index in [0.29, 0.717) is 0 Å². The van der Waals surface area contributed by atoms with Crippen molar-refractivity contribution in [3.8, 4) is 11.5 Å². The van der Waals surface area contributed by atoms with E-state index in [2.05, 4.69) is 6.92 Å². The van der Waals surface area contributed by atoms with Gasteiger partial charge in [-0.05, 0) is 45.4 Å². The monoisotopic (exact) mass is 193 g/mol. The van der Waals surface area contributed by atoms with Gasteiger partial charge in [-0.25, -0.2) is 0 Å². The molecule has 0 fully saturated rings. The van der Waals surface area contributed by atoms with E-state index in [1.54, 1.807) is 7.11 Å². The molecule has 1 aromatic carbocycles. The molecule has 1 radical (unpaired) electrons. The second kappa shape index (κ2) is 3.91. The van der Waals surface area contributed by atoms with Crippen molar-refractivity contribution >= 4 is 0 Å². The molecule has 0 heterocycles. The zero-order valence-corrected chi connectivity index (χ0v) is 9.26. The first-order valence-corrected chi connectivity index (χ1v) is 4.61. The molecule has 2 heteroatoms. The number of hydrogen-bond acceptors (Lipinski definition) is 2. The van der Waals surface area contributed by atoms with Gasteiger partial charge < -0.3 is 9.47 Å². The summed E-state index contributed by atoms with van der Waals surface area (Å²) in [6.45, 7) is 9.89. The Morgan fingerprint density at radius 3 is 2.14 bits per heavy atom. The predicted molar refractivity (Wildman–Crippen MR) is 57.8 cm³/mol. The highest BCUT2D eigenvalue weighted by atomic mass is 16.5. The Morgan fingerprint density at radius 1 is 1.07 bits per heavy atom. The summed E-state index contributed by atoms with van der Waals surface area (Å²) in [6.07, 6.45) is 0. The van der Waals surface area contributed by atoms with Crippen molar-refractivity contribution in [3.05, 3.63) is 30.7 Å². The van der Waals surface area contributed by atoms with Crippen LogP contribution in [0.15, 0.2) is 18.2 Å². The minimum absolute atomic E-state index is 0.196. The molecule has 0 atom stereocenters. The van der Waals surface area contributed by atoms with Crippen LogP contribution in [0.4, 0.5) is 0 Å².